The first-order chi connectivity index (χ1) is 9.52. The van der Waals surface area contributed by atoms with E-state index < -0.39 is 29.9 Å². The van der Waals surface area contributed by atoms with Crippen molar-refractivity contribution >= 4 is 23.8 Å². The first-order valence-corrected chi connectivity index (χ1v) is 5.95. The summed E-state index contributed by atoms with van der Waals surface area (Å²) in [6.45, 7) is 2.95. The Hall–Kier alpha value is -2.38. The van der Waals surface area contributed by atoms with Crippen LogP contribution in [0.2, 0.25) is 0 Å². The van der Waals surface area contributed by atoms with Crippen LogP contribution < -0.4 is 5.32 Å². The highest BCUT2D eigenvalue weighted by Gasteiger charge is 2.30. The molecule has 1 amide bonds. The Morgan fingerprint density at radius 1 is 1.45 bits per heavy atom. The van der Waals surface area contributed by atoms with Crippen molar-refractivity contribution in [3.63, 3.8) is 0 Å². The maximum atomic E-state index is 11.3. The van der Waals surface area contributed by atoms with Gasteiger partial charge in [0.1, 0.15) is 13.2 Å². The molecule has 1 rings (SSSR count). The second kappa shape index (κ2) is 7.93. The highest BCUT2D eigenvalue weighted by Crippen LogP contribution is 2.09. The number of esters is 3. The summed E-state index contributed by atoms with van der Waals surface area (Å²) < 4.78 is 14.0. The van der Waals surface area contributed by atoms with Gasteiger partial charge < -0.3 is 19.5 Å². The van der Waals surface area contributed by atoms with E-state index >= 15 is 0 Å². The van der Waals surface area contributed by atoms with E-state index in [1.165, 1.54) is 0 Å². The van der Waals surface area contributed by atoms with Crippen molar-refractivity contribution < 1.29 is 33.4 Å². The Balaban J connectivity index is 2.13. The standard InChI is InChI=1S/C12H15NO7/c1-2-10(15)18-6-4-9(14)13-7-11(16)20-8-3-5-19-12(8)17/h2,8H,1,3-7H2,(H,13,14). The molecule has 1 saturated heterocycles. The molecule has 8 nitrogen and oxygen atoms in total. The van der Waals surface area contributed by atoms with Crippen molar-refractivity contribution in [3.8, 4) is 0 Å². The Labute approximate surface area is 115 Å². The number of ether oxygens (including phenoxy) is 3. The molecule has 1 fully saturated rings. The largest absolute Gasteiger partial charge is 0.463 e. The number of hydrogen-bond acceptors (Lipinski definition) is 7. The highest BCUT2D eigenvalue weighted by atomic mass is 16.6. The highest BCUT2D eigenvalue weighted by molar-refractivity contribution is 5.85. The van der Waals surface area contributed by atoms with Gasteiger partial charge in [-0.25, -0.2) is 9.59 Å². The molecule has 0 spiro atoms. The zero-order chi connectivity index (χ0) is 15.0. The van der Waals surface area contributed by atoms with Gasteiger partial charge in [-0.2, -0.15) is 0 Å². The van der Waals surface area contributed by atoms with Crippen LogP contribution in [0, 0.1) is 0 Å². The molecular weight excluding hydrogens is 270 g/mol. The van der Waals surface area contributed by atoms with E-state index in [2.05, 4.69) is 21.4 Å². The van der Waals surface area contributed by atoms with Crippen molar-refractivity contribution in [2.24, 2.45) is 0 Å². The molecule has 1 atom stereocenters. The van der Waals surface area contributed by atoms with Crippen molar-refractivity contribution in [3.05, 3.63) is 12.7 Å². The number of rotatable bonds is 7. The van der Waals surface area contributed by atoms with E-state index in [0.717, 1.165) is 6.08 Å². The summed E-state index contributed by atoms with van der Waals surface area (Å²) in [5, 5.41) is 2.28. The molecule has 0 aliphatic carbocycles. The zero-order valence-corrected chi connectivity index (χ0v) is 10.8. The predicted octanol–water partition coefficient (Wildman–Crippen LogP) is -0.919. The van der Waals surface area contributed by atoms with Gasteiger partial charge in [0.05, 0.1) is 13.0 Å². The normalized spacial score (nSPS) is 17.0. The average Bonchev–Trinajstić information content (AvgIpc) is 2.81. The molecule has 1 aliphatic heterocycles. The number of nitrogens with one attached hydrogen (secondary N) is 1. The maximum Gasteiger partial charge on any atom is 0.347 e. The summed E-state index contributed by atoms with van der Waals surface area (Å²) in [4.78, 5) is 44.4. The van der Waals surface area contributed by atoms with Crippen LogP contribution in [-0.4, -0.2) is 49.7 Å². The fraction of sp³-hybridized carbons (Fsp3) is 0.500. The molecule has 1 heterocycles. The minimum absolute atomic E-state index is 0.0850. The van der Waals surface area contributed by atoms with Gasteiger partial charge in [0, 0.05) is 12.5 Å². The Kier molecular flexibility index (Phi) is 6.21. The Morgan fingerprint density at radius 2 is 2.20 bits per heavy atom. The minimum atomic E-state index is -0.895. The molecule has 0 aromatic rings. The summed E-state index contributed by atoms with van der Waals surface area (Å²) in [5.74, 6) is -2.42. The number of hydrogen-bond donors (Lipinski definition) is 1. The van der Waals surface area contributed by atoms with Gasteiger partial charge in [0.25, 0.3) is 0 Å². The molecule has 0 aromatic heterocycles. The zero-order valence-electron chi connectivity index (χ0n) is 10.8. The van der Waals surface area contributed by atoms with Gasteiger partial charge in [-0.3, -0.25) is 9.59 Å². The van der Waals surface area contributed by atoms with Crippen molar-refractivity contribution in [2.45, 2.75) is 18.9 Å². The average molecular weight is 285 g/mol. The first kappa shape index (κ1) is 15.7. The van der Waals surface area contributed by atoms with Gasteiger partial charge in [-0.05, 0) is 0 Å². The van der Waals surface area contributed by atoms with Gasteiger partial charge in [0.2, 0.25) is 12.0 Å². The number of carbonyl (C=O) groups is 4. The van der Waals surface area contributed by atoms with Crippen LogP contribution in [0.5, 0.6) is 0 Å². The lowest BCUT2D eigenvalue weighted by atomic mass is 10.3. The quantitative estimate of drug-likeness (QED) is 0.366. The number of carbonyl (C=O) groups excluding carboxylic acids is 4. The first-order valence-electron chi connectivity index (χ1n) is 5.95. The third kappa shape index (κ3) is 5.51. The summed E-state index contributed by atoms with van der Waals surface area (Å²) in [6.07, 6.45) is 0.317. The summed E-state index contributed by atoms with van der Waals surface area (Å²) in [7, 11) is 0. The van der Waals surface area contributed by atoms with Gasteiger partial charge in [-0.15, -0.1) is 0 Å². The lowest BCUT2D eigenvalue weighted by Crippen LogP contribution is -2.34. The molecule has 0 saturated carbocycles. The Morgan fingerprint density at radius 3 is 2.80 bits per heavy atom. The van der Waals surface area contributed by atoms with E-state index in [0.29, 0.717) is 6.42 Å². The smallest absolute Gasteiger partial charge is 0.347 e. The minimum Gasteiger partial charge on any atom is -0.463 e. The topological polar surface area (TPSA) is 108 Å². The van der Waals surface area contributed by atoms with E-state index in [9.17, 15) is 19.2 Å². The second-order valence-corrected chi connectivity index (χ2v) is 3.83. The van der Waals surface area contributed by atoms with Crippen molar-refractivity contribution in [2.75, 3.05) is 19.8 Å². The molecule has 1 aliphatic rings. The third-order valence-corrected chi connectivity index (χ3v) is 2.33. The van der Waals surface area contributed by atoms with Crippen molar-refractivity contribution in [1.82, 2.24) is 5.32 Å². The second-order valence-electron chi connectivity index (χ2n) is 3.83. The third-order valence-electron chi connectivity index (χ3n) is 2.33. The Bertz CT molecular complexity index is 418. The van der Waals surface area contributed by atoms with Crippen LogP contribution in [0.1, 0.15) is 12.8 Å². The van der Waals surface area contributed by atoms with Crippen LogP contribution in [0.25, 0.3) is 0 Å². The van der Waals surface area contributed by atoms with Crippen LogP contribution in [0.3, 0.4) is 0 Å². The van der Waals surface area contributed by atoms with Gasteiger partial charge in [-0.1, -0.05) is 6.58 Å². The molecule has 8 heteroatoms. The molecule has 1 unspecified atom stereocenters. The van der Waals surface area contributed by atoms with Crippen molar-refractivity contribution in [1.29, 1.82) is 0 Å². The molecule has 110 valence electrons. The van der Waals surface area contributed by atoms with E-state index in [-0.39, 0.29) is 26.2 Å². The van der Waals surface area contributed by atoms with Crippen LogP contribution in [-0.2, 0) is 33.4 Å². The van der Waals surface area contributed by atoms with E-state index in [4.69, 9.17) is 4.74 Å². The predicted molar refractivity (Wildman–Crippen MR) is 64.2 cm³/mol. The molecular formula is C12H15NO7. The maximum absolute atomic E-state index is 11.3. The number of amides is 1. The van der Waals surface area contributed by atoms with E-state index in [1.807, 2.05) is 0 Å². The SMILES string of the molecule is C=CC(=O)OCCC(=O)NCC(=O)OC1CCOC1=O. The fourth-order valence-corrected chi connectivity index (χ4v) is 1.35. The molecule has 0 bridgehead atoms. The summed E-state index contributed by atoms with van der Waals surface area (Å²) in [6, 6.07) is 0. The van der Waals surface area contributed by atoms with Crippen LogP contribution in [0.15, 0.2) is 12.7 Å². The number of cyclic esters (lactones) is 1. The molecule has 0 aromatic carbocycles. The van der Waals surface area contributed by atoms with Crippen LogP contribution >= 0.6 is 0 Å². The van der Waals surface area contributed by atoms with Crippen LogP contribution in [0.4, 0.5) is 0 Å². The lowest BCUT2D eigenvalue weighted by Gasteiger charge is -2.09. The fourth-order valence-electron chi connectivity index (χ4n) is 1.35. The summed E-state index contributed by atoms with van der Waals surface area (Å²) in [5.41, 5.74) is 0. The molecule has 0 radical (unpaired) electrons. The molecule has 1 N–H and O–H groups in total. The summed E-state index contributed by atoms with van der Waals surface area (Å²) >= 11 is 0. The van der Waals surface area contributed by atoms with E-state index in [1.54, 1.807) is 0 Å². The monoisotopic (exact) mass is 285 g/mol. The van der Waals surface area contributed by atoms with Gasteiger partial charge >= 0.3 is 17.9 Å². The van der Waals surface area contributed by atoms with Gasteiger partial charge in [0.15, 0.2) is 0 Å². The molecule has 20 heavy (non-hydrogen) atoms. The lowest BCUT2D eigenvalue weighted by molar-refractivity contribution is -0.159.